The molecule has 0 radical (unpaired) electrons. The SMILES string of the molecule is O=C(c1cccc(Cl)c1)N1CCCN(C(=O)C2CCCO2)CC1. The molecule has 1 aromatic carbocycles. The normalized spacial score (nSPS) is 22.0. The average molecular weight is 337 g/mol. The maximum atomic E-state index is 12.6. The highest BCUT2D eigenvalue weighted by molar-refractivity contribution is 6.30. The van der Waals surface area contributed by atoms with Gasteiger partial charge in [0.05, 0.1) is 0 Å². The van der Waals surface area contributed by atoms with Gasteiger partial charge in [-0.2, -0.15) is 0 Å². The first-order valence-corrected chi connectivity index (χ1v) is 8.48. The van der Waals surface area contributed by atoms with Gasteiger partial charge in [-0.3, -0.25) is 9.59 Å². The van der Waals surface area contributed by atoms with Crippen molar-refractivity contribution in [3.63, 3.8) is 0 Å². The first-order valence-electron chi connectivity index (χ1n) is 8.10. The molecule has 2 aliphatic rings. The van der Waals surface area contributed by atoms with Gasteiger partial charge < -0.3 is 14.5 Å². The van der Waals surface area contributed by atoms with Gasteiger partial charge in [-0.05, 0) is 37.5 Å². The maximum Gasteiger partial charge on any atom is 0.253 e. The molecular formula is C17H21ClN2O3. The minimum atomic E-state index is -0.287. The van der Waals surface area contributed by atoms with Crippen LogP contribution in [0.4, 0.5) is 0 Å². The summed E-state index contributed by atoms with van der Waals surface area (Å²) in [7, 11) is 0. The van der Waals surface area contributed by atoms with Gasteiger partial charge in [0.25, 0.3) is 11.8 Å². The summed E-state index contributed by atoms with van der Waals surface area (Å²) in [5, 5.41) is 0.556. The summed E-state index contributed by atoms with van der Waals surface area (Å²) in [6.45, 7) is 3.11. The second-order valence-corrected chi connectivity index (χ2v) is 6.42. The Labute approximate surface area is 141 Å². The lowest BCUT2D eigenvalue weighted by atomic mass is 10.2. The number of halogens is 1. The quantitative estimate of drug-likeness (QED) is 0.832. The Morgan fingerprint density at radius 2 is 1.87 bits per heavy atom. The fourth-order valence-corrected chi connectivity index (χ4v) is 3.31. The van der Waals surface area contributed by atoms with Crippen LogP contribution >= 0.6 is 11.6 Å². The number of amides is 2. The van der Waals surface area contributed by atoms with Crippen LogP contribution in [0.1, 0.15) is 29.6 Å². The van der Waals surface area contributed by atoms with Crippen molar-refractivity contribution in [2.45, 2.75) is 25.4 Å². The number of carbonyl (C=O) groups excluding carboxylic acids is 2. The van der Waals surface area contributed by atoms with E-state index in [1.165, 1.54) is 0 Å². The number of benzene rings is 1. The van der Waals surface area contributed by atoms with Gasteiger partial charge in [0, 0.05) is 43.4 Å². The number of hydrogen-bond acceptors (Lipinski definition) is 3. The molecule has 0 saturated carbocycles. The van der Waals surface area contributed by atoms with Crippen molar-refractivity contribution in [3.05, 3.63) is 34.9 Å². The van der Waals surface area contributed by atoms with Crippen LogP contribution in [0.2, 0.25) is 5.02 Å². The van der Waals surface area contributed by atoms with Gasteiger partial charge in [-0.1, -0.05) is 17.7 Å². The predicted octanol–water partition coefficient (Wildman–Crippen LogP) is 2.19. The zero-order chi connectivity index (χ0) is 16.2. The van der Waals surface area contributed by atoms with E-state index in [9.17, 15) is 9.59 Å². The molecule has 0 aromatic heterocycles. The molecule has 1 unspecified atom stereocenters. The van der Waals surface area contributed by atoms with E-state index in [-0.39, 0.29) is 17.9 Å². The van der Waals surface area contributed by atoms with Gasteiger partial charge in [0.15, 0.2) is 0 Å². The molecule has 2 aliphatic heterocycles. The lowest BCUT2D eigenvalue weighted by Crippen LogP contribution is -2.41. The van der Waals surface area contributed by atoms with Crippen molar-refractivity contribution in [2.75, 3.05) is 32.8 Å². The van der Waals surface area contributed by atoms with Crippen LogP contribution in [-0.2, 0) is 9.53 Å². The molecule has 0 N–H and O–H groups in total. The third-order valence-corrected chi connectivity index (χ3v) is 4.61. The summed E-state index contributed by atoms with van der Waals surface area (Å²) >= 11 is 5.96. The van der Waals surface area contributed by atoms with Crippen LogP contribution in [0.25, 0.3) is 0 Å². The van der Waals surface area contributed by atoms with Crippen molar-refractivity contribution >= 4 is 23.4 Å². The Bertz CT molecular complexity index is 587. The smallest absolute Gasteiger partial charge is 0.253 e. The van der Waals surface area contributed by atoms with E-state index in [2.05, 4.69) is 0 Å². The lowest BCUT2D eigenvalue weighted by molar-refractivity contribution is -0.140. The number of nitrogens with zero attached hydrogens (tertiary/aromatic N) is 2. The van der Waals surface area contributed by atoms with Crippen molar-refractivity contribution in [1.29, 1.82) is 0 Å². The van der Waals surface area contributed by atoms with Crippen molar-refractivity contribution in [2.24, 2.45) is 0 Å². The average Bonchev–Trinajstić information content (AvgIpc) is 2.98. The molecule has 1 aromatic rings. The second kappa shape index (κ2) is 7.32. The van der Waals surface area contributed by atoms with E-state index < -0.39 is 0 Å². The highest BCUT2D eigenvalue weighted by atomic mass is 35.5. The van der Waals surface area contributed by atoms with E-state index in [1.54, 1.807) is 29.2 Å². The molecule has 2 heterocycles. The van der Waals surface area contributed by atoms with E-state index in [0.29, 0.717) is 43.4 Å². The number of ether oxygens (including phenoxy) is 1. The van der Waals surface area contributed by atoms with E-state index in [1.807, 2.05) is 4.90 Å². The van der Waals surface area contributed by atoms with Crippen LogP contribution in [0.3, 0.4) is 0 Å². The molecule has 124 valence electrons. The largest absolute Gasteiger partial charge is 0.368 e. The summed E-state index contributed by atoms with van der Waals surface area (Å²) in [5.41, 5.74) is 0.594. The highest BCUT2D eigenvalue weighted by Crippen LogP contribution is 2.17. The molecule has 3 rings (SSSR count). The first-order chi connectivity index (χ1) is 11.1. The molecule has 0 spiro atoms. The van der Waals surface area contributed by atoms with Gasteiger partial charge in [0.1, 0.15) is 6.10 Å². The fraction of sp³-hybridized carbons (Fsp3) is 0.529. The van der Waals surface area contributed by atoms with E-state index in [4.69, 9.17) is 16.3 Å². The minimum Gasteiger partial charge on any atom is -0.368 e. The molecule has 0 aliphatic carbocycles. The zero-order valence-electron chi connectivity index (χ0n) is 13.0. The van der Waals surface area contributed by atoms with Gasteiger partial charge in [-0.15, -0.1) is 0 Å². The van der Waals surface area contributed by atoms with Crippen LogP contribution < -0.4 is 0 Å². The van der Waals surface area contributed by atoms with Crippen LogP contribution in [0, 0.1) is 0 Å². The zero-order valence-corrected chi connectivity index (χ0v) is 13.8. The van der Waals surface area contributed by atoms with Gasteiger partial charge in [0.2, 0.25) is 0 Å². The van der Waals surface area contributed by atoms with Crippen LogP contribution in [0.15, 0.2) is 24.3 Å². The van der Waals surface area contributed by atoms with Crippen molar-refractivity contribution in [3.8, 4) is 0 Å². The van der Waals surface area contributed by atoms with Crippen LogP contribution in [-0.4, -0.2) is 60.5 Å². The third kappa shape index (κ3) is 3.85. The topological polar surface area (TPSA) is 49.9 Å². The number of rotatable bonds is 2. The molecule has 1 atom stereocenters. The summed E-state index contributed by atoms with van der Waals surface area (Å²) in [4.78, 5) is 28.6. The molecule has 2 amide bonds. The Hall–Kier alpha value is -1.59. The molecule has 2 saturated heterocycles. The minimum absolute atomic E-state index is 0.0288. The second-order valence-electron chi connectivity index (χ2n) is 5.98. The monoisotopic (exact) mass is 336 g/mol. The molecule has 23 heavy (non-hydrogen) atoms. The van der Waals surface area contributed by atoms with E-state index >= 15 is 0 Å². The number of hydrogen-bond donors (Lipinski definition) is 0. The summed E-state index contributed by atoms with van der Waals surface area (Å²) in [6.07, 6.45) is 2.25. The molecule has 6 heteroatoms. The Kier molecular flexibility index (Phi) is 5.18. The Morgan fingerprint density at radius 3 is 2.61 bits per heavy atom. The van der Waals surface area contributed by atoms with E-state index in [0.717, 1.165) is 19.3 Å². The Morgan fingerprint density at radius 1 is 1.09 bits per heavy atom. The molecule has 5 nitrogen and oxygen atoms in total. The van der Waals surface area contributed by atoms with Gasteiger partial charge in [-0.25, -0.2) is 0 Å². The summed E-state index contributed by atoms with van der Waals surface area (Å²) < 4.78 is 5.48. The standard InChI is InChI=1S/C17H21ClN2O3/c18-14-5-1-4-13(12-14)16(21)19-7-3-8-20(10-9-19)17(22)15-6-2-11-23-15/h1,4-5,12,15H,2-3,6-11H2. The lowest BCUT2D eigenvalue weighted by Gasteiger charge is -2.24. The van der Waals surface area contributed by atoms with Crippen molar-refractivity contribution in [1.82, 2.24) is 9.80 Å². The summed E-state index contributed by atoms with van der Waals surface area (Å²) in [6, 6.07) is 6.99. The maximum absolute atomic E-state index is 12.6. The Balaban J connectivity index is 1.61. The predicted molar refractivity (Wildman–Crippen MR) is 87.5 cm³/mol. The first kappa shape index (κ1) is 16.3. The fourth-order valence-electron chi connectivity index (χ4n) is 3.12. The third-order valence-electron chi connectivity index (χ3n) is 4.37. The van der Waals surface area contributed by atoms with Crippen molar-refractivity contribution < 1.29 is 14.3 Å². The van der Waals surface area contributed by atoms with Gasteiger partial charge >= 0.3 is 0 Å². The number of carbonyl (C=O) groups is 2. The highest BCUT2D eigenvalue weighted by Gasteiger charge is 2.30. The molecule has 2 fully saturated rings. The molecular weight excluding hydrogens is 316 g/mol. The summed E-state index contributed by atoms with van der Waals surface area (Å²) in [5.74, 6) is 0.0402. The van der Waals surface area contributed by atoms with Crippen LogP contribution in [0.5, 0.6) is 0 Å². The molecule has 0 bridgehead atoms.